The second kappa shape index (κ2) is 3.57. The van der Waals surface area contributed by atoms with Crippen LogP contribution in [0, 0.1) is 0 Å². The second-order valence-corrected chi connectivity index (χ2v) is 8.97. The zero-order valence-electron chi connectivity index (χ0n) is 6.07. The third-order valence-corrected chi connectivity index (χ3v) is 5.91. The lowest BCUT2D eigenvalue weighted by Crippen LogP contribution is -2.23. The van der Waals surface area contributed by atoms with Crippen molar-refractivity contribution in [3.05, 3.63) is 0 Å². The second-order valence-electron chi connectivity index (χ2n) is 2.99. The Labute approximate surface area is 59.1 Å². The summed E-state index contributed by atoms with van der Waals surface area (Å²) < 4.78 is 0. The monoisotopic (exact) mass is 148 g/mol. The summed E-state index contributed by atoms with van der Waals surface area (Å²) >= 11 is 4.20. The van der Waals surface area contributed by atoms with Crippen molar-refractivity contribution >= 4 is 20.7 Å². The van der Waals surface area contributed by atoms with E-state index < -0.39 is 8.07 Å². The van der Waals surface area contributed by atoms with Crippen LogP contribution in [0.25, 0.3) is 0 Å². The molecule has 8 heavy (non-hydrogen) atoms. The van der Waals surface area contributed by atoms with E-state index in [-0.39, 0.29) is 0 Å². The molecule has 0 saturated carbocycles. The lowest BCUT2D eigenvalue weighted by molar-refractivity contribution is 1.27. The highest BCUT2D eigenvalue weighted by molar-refractivity contribution is 7.80. The summed E-state index contributed by atoms with van der Waals surface area (Å²) in [6, 6.07) is 2.76. The van der Waals surface area contributed by atoms with Crippen LogP contribution in [0.5, 0.6) is 0 Å². The lowest BCUT2D eigenvalue weighted by Gasteiger charge is -2.17. The van der Waals surface area contributed by atoms with E-state index in [1.54, 1.807) is 0 Å². The summed E-state index contributed by atoms with van der Waals surface area (Å²) in [5.41, 5.74) is 0. The molecular formula is C6H16SSi. The van der Waals surface area contributed by atoms with Crippen molar-refractivity contribution in [2.24, 2.45) is 0 Å². The van der Waals surface area contributed by atoms with E-state index in [1.165, 1.54) is 12.1 Å². The smallest absolute Gasteiger partial charge is 0.0479 e. The highest BCUT2D eigenvalue weighted by Crippen LogP contribution is 2.14. The van der Waals surface area contributed by atoms with Crippen LogP contribution in [0.15, 0.2) is 0 Å². The molecule has 0 aliphatic carbocycles. The molecule has 0 atom stereocenters. The quantitative estimate of drug-likeness (QED) is 0.462. The minimum absolute atomic E-state index is 0.754. The number of rotatable bonds is 3. The van der Waals surface area contributed by atoms with E-state index in [0.717, 1.165) is 5.75 Å². The van der Waals surface area contributed by atoms with Crippen molar-refractivity contribution < 1.29 is 0 Å². The first kappa shape index (κ1) is 8.57. The molecule has 0 unspecified atom stereocenters. The molecule has 0 saturated heterocycles. The fraction of sp³-hybridized carbons (Fsp3) is 1.00. The lowest BCUT2D eigenvalue weighted by atomic mass is 10.9. The molecule has 0 amide bonds. The molecule has 0 N–H and O–H groups in total. The molecule has 2 heteroatoms. The van der Waals surface area contributed by atoms with Gasteiger partial charge in [-0.1, -0.05) is 26.1 Å². The summed E-state index contributed by atoms with van der Waals surface area (Å²) in [6.07, 6.45) is 0. The predicted molar refractivity (Wildman–Crippen MR) is 46.6 cm³/mol. The molecule has 0 spiro atoms. The Balaban J connectivity index is 3.37. The Kier molecular flexibility index (Phi) is 3.82. The topological polar surface area (TPSA) is 0 Å². The predicted octanol–water partition coefficient (Wildman–Crippen LogP) is 2.64. The number of hydrogen-bond donors (Lipinski definition) is 1. The molecule has 0 heterocycles. The van der Waals surface area contributed by atoms with Crippen LogP contribution in [0.4, 0.5) is 0 Å². The Bertz CT molecular complexity index is 61.5. The van der Waals surface area contributed by atoms with Crippen molar-refractivity contribution in [1.82, 2.24) is 0 Å². The van der Waals surface area contributed by atoms with Crippen LogP contribution in [0.3, 0.4) is 0 Å². The zero-order chi connectivity index (χ0) is 6.62. The van der Waals surface area contributed by atoms with E-state index in [4.69, 9.17) is 0 Å². The molecule has 0 aromatic rings. The van der Waals surface area contributed by atoms with Gasteiger partial charge in [-0.05, 0) is 11.8 Å². The van der Waals surface area contributed by atoms with Crippen LogP contribution in [0.1, 0.15) is 6.92 Å². The molecule has 0 aromatic heterocycles. The average Bonchev–Trinajstić information content (AvgIpc) is 1.67. The van der Waals surface area contributed by atoms with Gasteiger partial charge in [0.15, 0.2) is 0 Å². The van der Waals surface area contributed by atoms with Gasteiger partial charge in [-0.25, -0.2) is 0 Å². The van der Waals surface area contributed by atoms with E-state index in [0.29, 0.717) is 0 Å². The Morgan fingerprint density at radius 2 is 1.88 bits per heavy atom. The van der Waals surface area contributed by atoms with Gasteiger partial charge < -0.3 is 0 Å². The van der Waals surface area contributed by atoms with Crippen LogP contribution in [-0.2, 0) is 0 Å². The summed E-state index contributed by atoms with van der Waals surface area (Å²) in [5.74, 6) is 1.08. The van der Waals surface area contributed by atoms with Crippen LogP contribution < -0.4 is 0 Å². The minimum atomic E-state index is -0.754. The van der Waals surface area contributed by atoms with Gasteiger partial charge in [-0.2, -0.15) is 12.6 Å². The van der Waals surface area contributed by atoms with Gasteiger partial charge >= 0.3 is 0 Å². The fourth-order valence-electron chi connectivity index (χ4n) is 0.479. The SMILES string of the molecule is CC[Si](C)(C)CCS. The van der Waals surface area contributed by atoms with Crippen molar-refractivity contribution in [3.63, 3.8) is 0 Å². The van der Waals surface area contributed by atoms with Gasteiger partial charge in [0.1, 0.15) is 0 Å². The maximum absolute atomic E-state index is 4.20. The minimum Gasteiger partial charge on any atom is -0.180 e. The molecular weight excluding hydrogens is 132 g/mol. The molecule has 0 aliphatic rings. The third-order valence-electron chi connectivity index (χ3n) is 1.75. The highest BCUT2D eigenvalue weighted by Gasteiger charge is 2.15. The van der Waals surface area contributed by atoms with Gasteiger partial charge in [-0.15, -0.1) is 0 Å². The fourth-order valence-corrected chi connectivity index (χ4v) is 3.25. The standard InChI is InChI=1S/C6H16SSi/c1-4-8(2,3)6-5-7/h7H,4-6H2,1-3H3. The molecule has 50 valence electrons. The molecule has 0 fully saturated rings. The van der Waals surface area contributed by atoms with Gasteiger partial charge in [0.05, 0.1) is 0 Å². The largest absolute Gasteiger partial charge is 0.180 e. The Hall–Kier alpha value is 0.567. The maximum atomic E-state index is 4.20. The van der Waals surface area contributed by atoms with Crippen LogP contribution in [0.2, 0.25) is 25.2 Å². The number of thiol groups is 1. The summed E-state index contributed by atoms with van der Waals surface area (Å²) in [7, 11) is -0.754. The molecule has 0 aromatic carbocycles. The van der Waals surface area contributed by atoms with Gasteiger partial charge in [0, 0.05) is 8.07 Å². The van der Waals surface area contributed by atoms with Crippen molar-refractivity contribution in [1.29, 1.82) is 0 Å². The normalized spacial score (nSPS) is 12.0. The molecule has 0 rings (SSSR count). The molecule has 0 aliphatic heterocycles. The first-order valence-corrected chi connectivity index (χ1v) is 7.28. The van der Waals surface area contributed by atoms with Gasteiger partial charge in [0.2, 0.25) is 0 Å². The van der Waals surface area contributed by atoms with Gasteiger partial charge in [-0.3, -0.25) is 0 Å². The maximum Gasteiger partial charge on any atom is 0.0479 e. The molecule has 0 radical (unpaired) electrons. The van der Waals surface area contributed by atoms with Gasteiger partial charge in [0.25, 0.3) is 0 Å². The Morgan fingerprint density at radius 3 is 2.00 bits per heavy atom. The van der Waals surface area contributed by atoms with E-state index in [2.05, 4.69) is 32.6 Å². The first-order chi connectivity index (χ1) is 3.62. The van der Waals surface area contributed by atoms with Crippen LogP contribution >= 0.6 is 12.6 Å². The number of hydrogen-bond acceptors (Lipinski definition) is 1. The zero-order valence-corrected chi connectivity index (χ0v) is 7.96. The van der Waals surface area contributed by atoms with E-state index in [9.17, 15) is 0 Å². The van der Waals surface area contributed by atoms with Crippen molar-refractivity contribution in [2.45, 2.75) is 32.1 Å². The Morgan fingerprint density at radius 1 is 1.38 bits per heavy atom. The molecule has 0 nitrogen and oxygen atoms in total. The van der Waals surface area contributed by atoms with E-state index in [1.807, 2.05) is 0 Å². The van der Waals surface area contributed by atoms with Crippen LogP contribution in [-0.4, -0.2) is 13.8 Å². The molecule has 0 bridgehead atoms. The summed E-state index contributed by atoms with van der Waals surface area (Å²) in [4.78, 5) is 0. The average molecular weight is 148 g/mol. The first-order valence-electron chi connectivity index (χ1n) is 3.23. The van der Waals surface area contributed by atoms with Crippen molar-refractivity contribution in [2.75, 3.05) is 5.75 Å². The third kappa shape index (κ3) is 3.55. The van der Waals surface area contributed by atoms with E-state index >= 15 is 0 Å². The van der Waals surface area contributed by atoms with Crippen molar-refractivity contribution in [3.8, 4) is 0 Å². The summed E-state index contributed by atoms with van der Waals surface area (Å²) in [6.45, 7) is 7.13. The highest BCUT2D eigenvalue weighted by atomic mass is 32.1. The summed E-state index contributed by atoms with van der Waals surface area (Å²) in [5, 5.41) is 0.